The van der Waals surface area contributed by atoms with E-state index in [4.69, 9.17) is 9.84 Å². The number of aliphatic hydroxyl groups excluding tert-OH is 1. The van der Waals surface area contributed by atoms with E-state index in [0.717, 1.165) is 25.9 Å². The Morgan fingerprint density at radius 2 is 2.06 bits per heavy atom. The number of likely N-dealkylation sites (N-methyl/N-ethyl adjacent to an activating group) is 1. The molecule has 0 aromatic carbocycles. The summed E-state index contributed by atoms with van der Waals surface area (Å²) >= 11 is 0. The molecule has 0 aromatic heterocycles. The van der Waals surface area contributed by atoms with Gasteiger partial charge in [-0.05, 0) is 19.8 Å². The normalized spacial score (nSPS) is 19.6. The van der Waals surface area contributed by atoms with E-state index >= 15 is 0 Å². The van der Waals surface area contributed by atoms with Crippen LogP contribution in [0.15, 0.2) is 0 Å². The maximum Gasteiger partial charge on any atom is 0.319 e. The molecule has 0 saturated carbocycles. The van der Waals surface area contributed by atoms with Crippen molar-refractivity contribution in [2.45, 2.75) is 25.4 Å². The number of piperidine rings is 1. The predicted octanol–water partition coefficient (Wildman–Crippen LogP) is 0.531. The van der Waals surface area contributed by atoms with E-state index in [1.54, 1.807) is 19.1 Å². The quantitative estimate of drug-likeness (QED) is 0.769. The van der Waals surface area contributed by atoms with Crippen LogP contribution < -0.4 is 0 Å². The van der Waals surface area contributed by atoms with Crippen LogP contribution in [-0.4, -0.2) is 66.9 Å². The highest BCUT2D eigenvalue weighted by Gasteiger charge is 2.32. The van der Waals surface area contributed by atoms with E-state index in [-0.39, 0.29) is 18.2 Å². The highest BCUT2D eigenvalue weighted by atomic mass is 16.5. The molecule has 0 spiro atoms. The Bertz CT molecular complexity index is 237. The highest BCUT2D eigenvalue weighted by molar-refractivity contribution is 5.74. The van der Waals surface area contributed by atoms with Gasteiger partial charge in [-0.15, -0.1) is 0 Å². The van der Waals surface area contributed by atoms with Crippen molar-refractivity contribution in [2.24, 2.45) is 0 Å². The van der Waals surface area contributed by atoms with Crippen molar-refractivity contribution in [2.75, 3.05) is 40.4 Å². The van der Waals surface area contributed by atoms with Gasteiger partial charge in [0.2, 0.25) is 0 Å². The van der Waals surface area contributed by atoms with Gasteiger partial charge in [0.1, 0.15) is 0 Å². The largest absolute Gasteiger partial charge is 0.395 e. The Labute approximate surface area is 97.0 Å². The van der Waals surface area contributed by atoms with Crippen LogP contribution >= 0.6 is 0 Å². The lowest BCUT2D eigenvalue weighted by molar-refractivity contribution is -0.0372. The standard InChI is InChI=1S/C11H22N2O3/c1-11(16-3)4-6-13(7-5-11)10(15)12(2)8-9-14/h14H,4-9H2,1-3H3. The van der Waals surface area contributed by atoms with Crippen molar-refractivity contribution in [1.29, 1.82) is 0 Å². The summed E-state index contributed by atoms with van der Waals surface area (Å²) in [6.07, 6.45) is 1.73. The molecule has 1 heterocycles. The number of ether oxygens (including phenoxy) is 1. The molecule has 1 aliphatic heterocycles. The molecular weight excluding hydrogens is 208 g/mol. The van der Waals surface area contributed by atoms with Crippen LogP contribution in [0.3, 0.4) is 0 Å². The first-order valence-electron chi connectivity index (χ1n) is 5.68. The van der Waals surface area contributed by atoms with Gasteiger partial charge < -0.3 is 19.6 Å². The summed E-state index contributed by atoms with van der Waals surface area (Å²) in [6, 6.07) is -0.00722. The van der Waals surface area contributed by atoms with E-state index in [2.05, 4.69) is 6.92 Å². The molecule has 1 N–H and O–H groups in total. The molecule has 0 unspecified atom stereocenters. The van der Waals surface area contributed by atoms with Gasteiger partial charge in [0.25, 0.3) is 0 Å². The fourth-order valence-electron chi connectivity index (χ4n) is 1.86. The average molecular weight is 230 g/mol. The topological polar surface area (TPSA) is 53.0 Å². The highest BCUT2D eigenvalue weighted by Crippen LogP contribution is 2.25. The van der Waals surface area contributed by atoms with Gasteiger partial charge in [-0.3, -0.25) is 0 Å². The van der Waals surface area contributed by atoms with Crippen molar-refractivity contribution >= 4 is 6.03 Å². The van der Waals surface area contributed by atoms with Crippen molar-refractivity contribution in [3.8, 4) is 0 Å². The van der Waals surface area contributed by atoms with E-state index in [9.17, 15) is 4.79 Å². The molecule has 5 heteroatoms. The van der Waals surface area contributed by atoms with Crippen molar-refractivity contribution in [1.82, 2.24) is 9.80 Å². The molecule has 2 amide bonds. The molecule has 1 fully saturated rings. The van der Waals surface area contributed by atoms with Crippen LogP contribution in [0.5, 0.6) is 0 Å². The minimum atomic E-state index is -0.0909. The molecule has 1 rings (SSSR count). The summed E-state index contributed by atoms with van der Waals surface area (Å²) in [5.74, 6) is 0. The molecule has 0 aliphatic carbocycles. The lowest BCUT2D eigenvalue weighted by Crippen LogP contribution is -2.50. The van der Waals surface area contributed by atoms with E-state index in [1.165, 1.54) is 0 Å². The molecule has 0 bridgehead atoms. The number of carbonyl (C=O) groups is 1. The fraction of sp³-hybridized carbons (Fsp3) is 0.909. The first-order chi connectivity index (χ1) is 7.52. The summed E-state index contributed by atoms with van der Waals surface area (Å²) in [5.41, 5.74) is -0.0909. The molecule has 1 saturated heterocycles. The molecule has 1 aliphatic rings. The molecule has 16 heavy (non-hydrogen) atoms. The average Bonchev–Trinajstić information content (AvgIpc) is 2.29. The Morgan fingerprint density at radius 3 is 2.50 bits per heavy atom. The fourth-order valence-corrected chi connectivity index (χ4v) is 1.86. The number of urea groups is 1. The minimum absolute atomic E-state index is 0.00582. The van der Waals surface area contributed by atoms with Gasteiger partial charge in [-0.25, -0.2) is 4.79 Å². The molecular formula is C11H22N2O3. The molecule has 94 valence electrons. The zero-order valence-corrected chi connectivity index (χ0v) is 10.4. The zero-order chi connectivity index (χ0) is 12.2. The number of carbonyl (C=O) groups excluding carboxylic acids is 1. The number of hydrogen-bond donors (Lipinski definition) is 1. The van der Waals surface area contributed by atoms with Crippen LogP contribution in [0, 0.1) is 0 Å². The third kappa shape index (κ3) is 3.09. The smallest absolute Gasteiger partial charge is 0.319 e. The lowest BCUT2D eigenvalue weighted by Gasteiger charge is -2.39. The Kier molecular flexibility index (Phi) is 4.56. The Balaban J connectivity index is 2.44. The van der Waals surface area contributed by atoms with Gasteiger partial charge in [0.15, 0.2) is 0 Å². The maximum atomic E-state index is 11.9. The van der Waals surface area contributed by atoms with Gasteiger partial charge in [0, 0.05) is 33.8 Å². The summed E-state index contributed by atoms with van der Waals surface area (Å²) in [7, 11) is 3.43. The van der Waals surface area contributed by atoms with Crippen LogP contribution in [0.2, 0.25) is 0 Å². The number of aliphatic hydroxyl groups is 1. The Morgan fingerprint density at radius 1 is 1.50 bits per heavy atom. The third-order valence-electron chi connectivity index (χ3n) is 3.35. The van der Waals surface area contributed by atoms with Gasteiger partial charge in [0.05, 0.1) is 12.2 Å². The van der Waals surface area contributed by atoms with Gasteiger partial charge in [-0.2, -0.15) is 0 Å². The number of methoxy groups -OCH3 is 1. The molecule has 0 aromatic rings. The first-order valence-corrected chi connectivity index (χ1v) is 5.68. The van der Waals surface area contributed by atoms with Crippen molar-refractivity contribution in [3.63, 3.8) is 0 Å². The predicted molar refractivity (Wildman–Crippen MR) is 61.3 cm³/mol. The second kappa shape index (κ2) is 5.50. The maximum absolute atomic E-state index is 11.9. The van der Waals surface area contributed by atoms with E-state index in [0.29, 0.717) is 6.54 Å². The van der Waals surface area contributed by atoms with Crippen LogP contribution in [-0.2, 0) is 4.74 Å². The monoisotopic (exact) mass is 230 g/mol. The molecule has 0 atom stereocenters. The third-order valence-corrected chi connectivity index (χ3v) is 3.35. The van der Waals surface area contributed by atoms with Gasteiger partial charge in [-0.1, -0.05) is 0 Å². The number of likely N-dealkylation sites (tertiary alicyclic amines) is 1. The number of nitrogens with zero attached hydrogens (tertiary/aromatic N) is 2. The summed E-state index contributed by atoms with van der Waals surface area (Å²) in [4.78, 5) is 15.3. The minimum Gasteiger partial charge on any atom is -0.395 e. The van der Waals surface area contributed by atoms with Crippen molar-refractivity contribution < 1.29 is 14.6 Å². The molecule has 5 nitrogen and oxygen atoms in total. The SMILES string of the molecule is COC1(C)CCN(C(=O)N(C)CCO)CC1. The second-order valence-corrected chi connectivity index (χ2v) is 4.57. The van der Waals surface area contributed by atoms with E-state index in [1.807, 2.05) is 4.90 Å². The van der Waals surface area contributed by atoms with Gasteiger partial charge >= 0.3 is 6.03 Å². The van der Waals surface area contributed by atoms with E-state index < -0.39 is 0 Å². The first kappa shape index (κ1) is 13.3. The summed E-state index contributed by atoms with van der Waals surface area (Å²) in [5, 5.41) is 8.77. The summed E-state index contributed by atoms with van der Waals surface area (Å²) in [6.45, 7) is 3.91. The summed E-state index contributed by atoms with van der Waals surface area (Å²) < 4.78 is 5.42. The number of amides is 2. The van der Waals surface area contributed by atoms with Crippen LogP contribution in [0.1, 0.15) is 19.8 Å². The number of rotatable bonds is 3. The van der Waals surface area contributed by atoms with Crippen LogP contribution in [0.4, 0.5) is 4.79 Å². The lowest BCUT2D eigenvalue weighted by atomic mass is 9.93. The van der Waals surface area contributed by atoms with Crippen LogP contribution in [0.25, 0.3) is 0 Å². The number of hydrogen-bond acceptors (Lipinski definition) is 3. The van der Waals surface area contributed by atoms with Crippen molar-refractivity contribution in [3.05, 3.63) is 0 Å². The molecule has 0 radical (unpaired) electrons. The zero-order valence-electron chi connectivity index (χ0n) is 10.4. The Hall–Kier alpha value is -0.810. The second-order valence-electron chi connectivity index (χ2n) is 4.57.